The van der Waals surface area contributed by atoms with E-state index in [9.17, 15) is 9.90 Å². The molecule has 0 aliphatic carbocycles. The SMILES string of the molecule is Cn1ccnc1C(O)C1CCN(CCC(=O)Nc2cccnc2)CC1. The number of aliphatic hydroxyl groups is 1. The van der Waals surface area contributed by atoms with Gasteiger partial charge in [0.15, 0.2) is 0 Å². The van der Waals surface area contributed by atoms with Gasteiger partial charge in [0.1, 0.15) is 11.9 Å². The van der Waals surface area contributed by atoms with E-state index in [0.717, 1.165) is 44.0 Å². The zero-order valence-corrected chi connectivity index (χ0v) is 14.5. The Morgan fingerprint density at radius 2 is 2.20 bits per heavy atom. The lowest BCUT2D eigenvalue weighted by molar-refractivity contribution is -0.116. The standard InChI is InChI=1S/C18H25N5O2/c1-22-12-8-20-18(22)17(25)14-4-9-23(10-5-14)11-6-16(24)21-15-3-2-7-19-13-15/h2-3,7-8,12-14,17,25H,4-6,9-11H2,1H3,(H,21,24). The van der Waals surface area contributed by atoms with Gasteiger partial charge in [0.25, 0.3) is 0 Å². The quantitative estimate of drug-likeness (QED) is 0.832. The van der Waals surface area contributed by atoms with Crippen LogP contribution in [0.25, 0.3) is 0 Å². The van der Waals surface area contributed by atoms with Gasteiger partial charge in [-0.05, 0) is 44.0 Å². The summed E-state index contributed by atoms with van der Waals surface area (Å²) in [5.74, 6) is 0.957. The van der Waals surface area contributed by atoms with Crippen LogP contribution in [0, 0.1) is 5.92 Å². The predicted octanol–water partition coefficient (Wildman–Crippen LogP) is 1.59. The number of piperidine rings is 1. The normalized spacial score (nSPS) is 17.4. The highest BCUT2D eigenvalue weighted by Gasteiger charge is 2.28. The molecule has 1 saturated heterocycles. The molecule has 0 spiro atoms. The summed E-state index contributed by atoms with van der Waals surface area (Å²) in [4.78, 5) is 22.5. The third-order valence-electron chi connectivity index (χ3n) is 4.80. The van der Waals surface area contributed by atoms with Gasteiger partial charge in [-0.3, -0.25) is 9.78 Å². The minimum absolute atomic E-state index is 0.00293. The van der Waals surface area contributed by atoms with Crippen molar-refractivity contribution in [1.82, 2.24) is 19.4 Å². The Labute approximate surface area is 147 Å². The maximum absolute atomic E-state index is 12.0. The summed E-state index contributed by atoms with van der Waals surface area (Å²) in [5.41, 5.74) is 0.726. The number of anilines is 1. The fraction of sp³-hybridized carbons (Fsp3) is 0.500. The van der Waals surface area contributed by atoms with Gasteiger partial charge in [0.05, 0.1) is 11.9 Å². The van der Waals surface area contributed by atoms with E-state index >= 15 is 0 Å². The number of nitrogens with zero attached hydrogens (tertiary/aromatic N) is 4. The molecule has 3 rings (SSSR count). The zero-order valence-electron chi connectivity index (χ0n) is 14.5. The number of aliphatic hydroxyl groups excluding tert-OH is 1. The summed E-state index contributed by atoms with van der Waals surface area (Å²) < 4.78 is 1.87. The number of amides is 1. The number of hydrogen-bond donors (Lipinski definition) is 2. The maximum atomic E-state index is 12.0. The van der Waals surface area contributed by atoms with Crippen LogP contribution in [0.1, 0.15) is 31.2 Å². The van der Waals surface area contributed by atoms with Gasteiger partial charge in [0.2, 0.25) is 5.91 Å². The number of aryl methyl sites for hydroxylation is 1. The van der Waals surface area contributed by atoms with Crippen molar-refractivity contribution in [2.75, 3.05) is 25.0 Å². The number of aromatic nitrogens is 3. The smallest absolute Gasteiger partial charge is 0.225 e. The first kappa shape index (κ1) is 17.6. The third-order valence-corrected chi connectivity index (χ3v) is 4.80. The van der Waals surface area contributed by atoms with Gasteiger partial charge in [-0.15, -0.1) is 0 Å². The summed E-state index contributed by atoms with van der Waals surface area (Å²) in [5, 5.41) is 13.4. The predicted molar refractivity (Wildman–Crippen MR) is 94.8 cm³/mol. The average molecular weight is 343 g/mol. The molecule has 3 heterocycles. The highest BCUT2D eigenvalue weighted by molar-refractivity contribution is 5.90. The fourth-order valence-electron chi connectivity index (χ4n) is 3.29. The molecule has 2 N–H and O–H groups in total. The van der Waals surface area contributed by atoms with Gasteiger partial charge in [-0.1, -0.05) is 0 Å². The molecule has 0 radical (unpaired) electrons. The van der Waals surface area contributed by atoms with Crippen LogP contribution in [0.5, 0.6) is 0 Å². The molecule has 7 heteroatoms. The summed E-state index contributed by atoms with van der Waals surface area (Å²) in [7, 11) is 1.90. The van der Waals surface area contributed by atoms with Crippen molar-refractivity contribution < 1.29 is 9.90 Å². The van der Waals surface area contributed by atoms with Crippen molar-refractivity contribution >= 4 is 11.6 Å². The van der Waals surface area contributed by atoms with Crippen molar-refractivity contribution in [2.24, 2.45) is 13.0 Å². The fourth-order valence-corrected chi connectivity index (χ4v) is 3.29. The molecule has 2 aromatic heterocycles. The van der Waals surface area contributed by atoms with Crippen LogP contribution in [-0.2, 0) is 11.8 Å². The molecule has 1 fully saturated rings. The van der Waals surface area contributed by atoms with Crippen molar-refractivity contribution in [3.8, 4) is 0 Å². The van der Waals surface area contributed by atoms with Crippen molar-refractivity contribution in [1.29, 1.82) is 0 Å². The number of imidazole rings is 1. The van der Waals surface area contributed by atoms with Gasteiger partial charge >= 0.3 is 0 Å². The summed E-state index contributed by atoms with van der Waals surface area (Å²) in [6.07, 6.45) is 8.67. The van der Waals surface area contributed by atoms with Gasteiger partial charge in [0, 0.05) is 38.6 Å². The largest absolute Gasteiger partial charge is 0.385 e. The van der Waals surface area contributed by atoms with Gasteiger partial charge in [-0.2, -0.15) is 0 Å². The first-order chi connectivity index (χ1) is 12.1. The minimum Gasteiger partial charge on any atom is -0.385 e. The highest BCUT2D eigenvalue weighted by Crippen LogP contribution is 2.29. The molecule has 0 aromatic carbocycles. The molecule has 1 amide bonds. The first-order valence-electron chi connectivity index (χ1n) is 8.71. The van der Waals surface area contributed by atoms with E-state index in [4.69, 9.17) is 0 Å². The highest BCUT2D eigenvalue weighted by atomic mass is 16.3. The monoisotopic (exact) mass is 343 g/mol. The second-order valence-corrected chi connectivity index (χ2v) is 6.56. The van der Waals surface area contributed by atoms with Gasteiger partial charge < -0.3 is 19.9 Å². The number of pyridine rings is 1. The van der Waals surface area contributed by atoms with E-state index in [2.05, 4.69) is 20.2 Å². The van der Waals surface area contributed by atoms with Crippen LogP contribution >= 0.6 is 0 Å². The molecular weight excluding hydrogens is 318 g/mol. The molecular formula is C18H25N5O2. The lowest BCUT2D eigenvalue weighted by Crippen LogP contribution is -2.37. The molecule has 25 heavy (non-hydrogen) atoms. The van der Waals surface area contributed by atoms with E-state index in [-0.39, 0.29) is 11.8 Å². The minimum atomic E-state index is -0.518. The first-order valence-corrected chi connectivity index (χ1v) is 8.71. The van der Waals surface area contributed by atoms with Gasteiger partial charge in [-0.25, -0.2) is 4.98 Å². The number of carbonyl (C=O) groups excluding carboxylic acids is 1. The summed E-state index contributed by atoms with van der Waals surface area (Å²) in [6, 6.07) is 3.63. The van der Waals surface area contributed by atoms with Crippen LogP contribution in [0.2, 0.25) is 0 Å². The van der Waals surface area contributed by atoms with E-state index in [1.165, 1.54) is 0 Å². The third kappa shape index (κ3) is 4.64. The lowest BCUT2D eigenvalue weighted by Gasteiger charge is -2.33. The van der Waals surface area contributed by atoms with E-state index in [1.807, 2.05) is 23.9 Å². The zero-order chi connectivity index (χ0) is 17.6. The Bertz CT molecular complexity index is 680. The molecule has 2 aromatic rings. The van der Waals surface area contributed by atoms with Crippen LogP contribution < -0.4 is 5.32 Å². The number of nitrogens with one attached hydrogen (secondary N) is 1. The van der Waals surface area contributed by atoms with E-state index < -0.39 is 6.10 Å². The van der Waals surface area contributed by atoms with Crippen molar-refractivity contribution in [2.45, 2.75) is 25.4 Å². The number of likely N-dealkylation sites (tertiary alicyclic amines) is 1. The maximum Gasteiger partial charge on any atom is 0.225 e. The molecule has 1 aliphatic heterocycles. The lowest BCUT2D eigenvalue weighted by atomic mass is 9.90. The van der Waals surface area contributed by atoms with Crippen molar-refractivity contribution in [3.63, 3.8) is 0 Å². The molecule has 1 unspecified atom stereocenters. The Hall–Kier alpha value is -2.25. The van der Waals surface area contributed by atoms with Crippen LogP contribution in [-0.4, -0.2) is 50.1 Å². The van der Waals surface area contributed by atoms with E-state index in [1.54, 1.807) is 24.7 Å². The van der Waals surface area contributed by atoms with Crippen LogP contribution in [0.4, 0.5) is 5.69 Å². The van der Waals surface area contributed by atoms with Crippen LogP contribution in [0.3, 0.4) is 0 Å². The second-order valence-electron chi connectivity index (χ2n) is 6.56. The number of rotatable bonds is 6. The Morgan fingerprint density at radius 1 is 1.40 bits per heavy atom. The van der Waals surface area contributed by atoms with E-state index in [0.29, 0.717) is 6.42 Å². The Balaban J connectivity index is 1.40. The molecule has 1 aliphatic rings. The Kier molecular flexibility index (Phi) is 5.78. The Morgan fingerprint density at radius 3 is 2.84 bits per heavy atom. The molecule has 0 saturated carbocycles. The van der Waals surface area contributed by atoms with Crippen LogP contribution in [0.15, 0.2) is 36.9 Å². The summed E-state index contributed by atoms with van der Waals surface area (Å²) in [6.45, 7) is 2.52. The molecule has 134 valence electrons. The second kappa shape index (κ2) is 8.22. The summed E-state index contributed by atoms with van der Waals surface area (Å²) >= 11 is 0. The molecule has 0 bridgehead atoms. The molecule has 7 nitrogen and oxygen atoms in total. The average Bonchev–Trinajstić information content (AvgIpc) is 3.07. The number of hydrogen-bond acceptors (Lipinski definition) is 5. The topological polar surface area (TPSA) is 83.3 Å². The van der Waals surface area contributed by atoms with Crippen molar-refractivity contribution in [3.05, 3.63) is 42.7 Å². The molecule has 1 atom stereocenters. The number of carbonyl (C=O) groups is 1.